The average Bonchev–Trinajstić information content (AvgIpc) is 2.02. The molecule has 78 valence electrons. The zero-order chi connectivity index (χ0) is 10.3. The first kappa shape index (κ1) is 12.3. The minimum Gasteiger partial charge on any atom is -0.392 e. The van der Waals surface area contributed by atoms with Gasteiger partial charge in [0.15, 0.2) is 0 Å². The first-order chi connectivity index (χ1) is 6.06. The third-order valence-corrected chi connectivity index (χ3v) is 1.68. The maximum atomic E-state index is 10.7. The highest BCUT2D eigenvalue weighted by Gasteiger charge is 2.03. The van der Waals surface area contributed by atoms with Crippen LogP contribution >= 0.6 is 0 Å². The number of rotatable bonds is 6. The van der Waals surface area contributed by atoms with Gasteiger partial charge in [0, 0.05) is 13.0 Å². The number of aliphatic hydroxyl groups is 1. The minimum atomic E-state index is -0.326. The summed E-state index contributed by atoms with van der Waals surface area (Å²) in [5.41, 5.74) is 2.07. The average molecular weight is 189 g/mol. The number of hydrogen-bond donors (Lipinski definition) is 3. The molecule has 0 aliphatic rings. The van der Waals surface area contributed by atoms with Gasteiger partial charge < -0.3 is 10.0 Å². The number of nitrogens with two attached hydrogens (primary N) is 1. The quantitative estimate of drug-likeness (QED) is 0.286. The Morgan fingerprint density at radius 2 is 2.31 bits per heavy atom. The van der Waals surface area contributed by atoms with Crippen LogP contribution in [0.1, 0.15) is 19.8 Å². The van der Waals surface area contributed by atoms with Crippen molar-refractivity contribution in [3.8, 4) is 0 Å². The summed E-state index contributed by atoms with van der Waals surface area (Å²) >= 11 is 0. The SMILES string of the molecule is CC(O)CN(C)CCCC(=O)NN. The molecule has 13 heavy (non-hydrogen) atoms. The second kappa shape index (κ2) is 6.82. The smallest absolute Gasteiger partial charge is 0.233 e. The van der Waals surface area contributed by atoms with E-state index in [4.69, 9.17) is 10.9 Å². The number of likely N-dealkylation sites (N-methyl/N-ethyl adjacent to an activating group) is 1. The first-order valence-corrected chi connectivity index (χ1v) is 4.42. The fourth-order valence-electron chi connectivity index (χ4n) is 1.12. The molecule has 0 heterocycles. The van der Waals surface area contributed by atoms with Crippen molar-refractivity contribution >= 4 is 5.91 Å². The number of hydrogen-bond acceptors (Lipinski definition) is 4. The monoisotopic (exact) mass is 189 g/mol. The van der Waals surface area contributed by atoms with E-state index >= 15 is 0 Å². The van der Waals surface area contributed by atoms with E-state index in [2.05, 4.69) is 5.43 Å². The summed E-state index contributed by atoms with van der Waals surface area (Å²) in [6.07, 6.45) is 0.862. The highest BCUT2D eigenvalue weighted by atomic mass is 16.3. The number of nitrogens with zero attached hydrogens (tertiary/aromatic N) is 1. The highest BCUT2D eigenvalue weighted by molar-refractivity contribution is 5.75. The molecule has 0 fully saturated rings. The van der Waals surface area contributed by atoms with Crippen LogP contribution in [-0.4, -0.2) is 42.2 Å². The zero-order valence-electron chi connectivity index (χ0n) is 8.29. The molecule has 0 spiro atoms. The van der Waals surface area contributed by atoms with Crippen molar-refractivity contribution in [2.75, 3.05) is 20.1 Å². The largest absolute Gasteiger partial charge is 0.392 e. The Morgan fingerprint density at radius 3 is 2.77 bits per heavy atom. The van der Waals surface area contributed by atoms with Crippen molar-refractivity contribution in [1.29, 1.82) is 0 Å². The van der Waals surface area contributed by atoms with Gasteiger partial charge in [-0.15, -0.1) is 0 Å². The van der Waals surface area contributed by atoms with Crippen LogP contribution < -0.4 is 11.3 Å². The topological polar surface area (TPSA) is 78.6 Å². The number of carbonyl (C=O) groups is 1. The molecule has 0 aromatic rings. The van der Waals surface area contributed by atoms with E-state index in [9.17, 15) is 4.79 Å². The van der Waals surface area contributed by atoms with Crippen LogP contribution in [0.5, 0.6) is 0 Å². The van der Waals surface area contributed by atoms with Crippen molar-refractivity contribution in [2.24, 2.45) is 5.84 Å². The Hall–Kier alpha value is -0.650. The molecule has 0 rings (SSSR count). The number of hydrazine groups is 1. The molecule has 0 saturated carbocycles. The van der Waals surface area contributed by atoms with Crippen molar-refractivity contribution in [1.82, 2.24) is 10.3 Å². The van der Waals surface area contributed by atoms with E-state index in [0.29, 0.717) is 13.0 Å². The number of carbonyl (C=O) groups excluding carboxylic acids is 1. The lowest BCUT2D eigenvalue weighted by Crippen LogP contribution is -2.32. The molecule has 5 nitrogen and oxygen atoms in total. The molecule has 0 aliphatic heterocycles. The third kappa shape index (κ3) is 7.70. The van der Waals surface area contributed by atoms with E-state index in [1.165, 1.54) is 0 Å². The second-order valence-corrected chi connectivity index (χ2v) is 3.28. The van der Waals surface area contributed by atoms with Gasteiger partial charge in [-0.1, -0.05) is 0 Å². The molecule has 0 aromatic heterocycles. The van der Waals surface area contributed by atoms with Crippen molar-refractivity contribution < 1.29 is 9.90 Å². The zero-order valence-corrected chi connectivity index (χ0v) is 8.29. The van der Waals surface area contributed by atoms with E-state index in [1.54, 1.807) is 6.92 Å². The Kier molecular flexibility index (Phi) is 6.48. The van der Waals surface area contributed by atoms with Crippen molar-refractivity contribution in [3.05, 3.63) is 0 Å². The number of aliphatic hydroxyl groups excluding tert-OH is 1. The van der Waals surface area contributed by atoms with Gasteiger partial charge in [0.05, 0.1) is 6.10 Å². The van der Waals surface area contributed by atoms with Crippen LogP contribution in [0.4, 0.5) is 0 Å². The van der Waals surface area contributed by atoms with E-state index in [1.807, 2.05) is 11.9 Å². The Morgan fingerprint density at radius 1 is 1.69 bits per heavy atom. The van der Waals surface area contributed by atoms with E-state index in [0.717, 1.165) is 13.0 Å². The minimum absolute atomic E-state index is 0.148. The summed E-state index contributed by atoms with van der Waals surface area (Å²) < 4.78 is 0. The molecule has 0 aliphatic carbocycles. The van der Waals surface area contributed by atoms with Gasteiger partial charge in [0.1, 0.15) is 0 Å². The summed E-state index contributed by atoms with van der Waals surface area (Å²) in [6.45, 7) is 3.16. The normalized spacial score (nSPS) is 13.0. The predicted molar refractivity (Wildman–Crippen MR) is 50.7 cm³/mol. The van der Waals surface area contributed by atoms with Crippen LogP contribution in [0.3, 0.4) is 0 Å². The lowest BCUT2D eigenvalue weighted by Gasteiger charge is -2.17. The maximum absolute atomic E-state index is 10.7. The second-order valence-electron chi connectivity index (χ2n) is 3.28. The van der Waals surface area contributed by atoms with Gasteiger partial charge in [-0.05, 0) is 26.9 Å². The van der Waals surface area contributed by atoms with Crippen LogP contribution in [0.2, 0.25) is 0 Å². The summed E-state index contributed by atoms with van der Waals surface area (Å²) in [6, 6.07) is 0. The van der Waals surface area contributed by atoms with Crippen LogP contribution in [0.25, 0.3) is 0 Å². The van der Waals surface area contributed by atoms with Crippen LogP contribution in [0.15, 0.2) is 0 Å². The standard InChI is InChI=1S/C8H19N3O2/c1-7(12)6-11(2)5-3-4-8(13)10-9/h7,12H,3-6,9H2,1-2H3,(H,10,13). The van der Waals surface area contributed by atoms with Gasteiger partial charge in [-0.2, -0.15) is 0 Å². The van der Waals surface area contributed by atoms with Gasteiger partial charge in [-0.25, -0.2) is 5.84 Å². The summed E-state index contributed by atoms with van der Waals surface area (Å²) in [4.78, 5) is 12.7. The van der Waals surface area contributed by atoms with Crippen LogP contribution in [-0.2, 0) is 4.79 Å². The summed E-state index contributed by atoms with van der Waals surface area (Å²) in [7, 11) is 1.91. The lowest BCUT2D eigenvalue weighted by atomic mass is 10.2. The molecule has 1 unspecified atom stereocenters. The molecule has 0 aromatic carbocycles. The van der Waals surface area contributed by atoms with Crippen LogP contribution in [0, 0.1) is 0 Å². The molecular formula is C8H19N3O2. The van der Waals surface area contributed by atoms with E-state index in [-0.39, 0.29) is 12.0 Å². The molecule has 4 N–H and O–H groups in total. The van der Waals surface area contributed by atoms with E-state index < -0.39 is 0 Å². The number of nitrogens with one attached hydrogen (secondary N) is 1. The Balaban J connectivity index is 3.36. The Bertz CT molecular complexity index is 150. The first-order valence-electron chi connectivity index (χ1n) is 4.42. The molecular weight excluding hydrogens is 170 g/mol. The summed E-state index contributed by atoms with van der Waals surface area (Å²) in [5.74, 6) is 4.77. The van der Waals surface area contributed by atoms with Gasteiger partial charge >= 0.3 is 0 Å². The van der Waals surface area contributed by atoms with Gasteiger partial charge in [-0.3, -0.25) is 10.2 Å². The van der Waals surface area contributed by atoms with Crippen molar-refractivity contribution in [3.63, 3.8) is 0 Å². The van der Waals surface area contributed by atoms with Gasteiger partial charge in [0.25, 0.3) is 0 Å². The fourth-order valence-corrected chi connectivity index (χ4v) is 1.12. The number of amides is 1. The predicted octanol–water partition coefficient (Wildman–Crippen LogP) is -0.931. The summed E-state index contributed by atoms with van der Waals surface area (Å²) in [5, 5.41) is 9.04. The lowest BCUT2D eigenvalue weighted by molar-refractivity contribution is -0.121. The third-order valence-electron chi connectivity index (χ3n) is 1.68. The molecule has 5 heteroatoms. The fraction of sp³-hybridized carbons (Fsp3) is 0.875. The molecule has 0 bridgehead atoms. The maximum Gasteiger partial charge on any atom is 0.233 e. The highest BCUT2D eigenvalue weighted by Crippen LogP contribution is 1.94. The van der Waals surface area contributed by atoms with Gasteiger partial charge in [0.2, 0.25) is 5.91 Å². The molecule has 0 radical (unpaired) electrons. The molecule has 1 amide bonds. The molecule has 1 atom stereocenters. The molecule has 0 saturated heterocycles. The van der Waals surface area contributed by atoms with Crippen molar-refractivity contribution in [2.45, 2.75) is 25.9 Å². The Labute approximate surface area is 78.9 Å².